The van der Waals surface area contributed by atoms with Crippen LogP contribution in [0.25, 0.3) is 0 Å². The van der Waals surface area contributed by atoms with Crippen molar-refractivity contribution in [1.82, 2.24) is 9.80 Å². The highest BCUT2D eigenvalue weighted by Crippen LogP contribution is 2.39. The molecule has 98 valence electrons. The monoisotopic (exact) mass is 246 g/mol. The summed E-state index contributed by atoms with van der Waals surface area (Å²) >= 11 is 0. The number of likely N-dealkylation sites (tertiary alicyclic amines) is 2. The van der Waals surface area contributed by atoms with Crippen molar-refractivity contribution in [3.05, 3.63) is 29.8 Å². The third kappa shape index (κ3) is 2.25. The molecule has 18 heavy (non-hydrogen) atoms. The zero-order valence-corrected chi connectivity index (χ0v) is 11.4. The lowest BCUT2D eigenvalue weighted by Gasteiger charge is -2.48. The number of methoxy groups -OCH3 is 1. The summed E-state index contributed by atoms with van der Waals surface area (Å²) < 4.78 is 5.18. The Kier molecular flexibility index (Phi) is 3.04. The fraction of sp³-hybridized carbons (Fsp3) is 0.600. The zero-order chi connectivity index (χ0) is 12.6. The van der Waals surface area contributed by atoms with Crippen LogP contribution in [0.4, 0.5) is 0 Å². The van der Waals surface area contributed by atoms with Gasteiger partial charge in [-0.25, -0.2) is 0 Å². The number of nitrogens with zero attached hydrogens (tertiary/aromatic N) is 2. The number of rotatable bonds is 3. The number of hydrogen-bond donors (Lipinski definition) is 0. The van der Waals surface area contributed by atoms with Gasteiger partial charge in [0.2, 0.25) is 0 Å². The first-order valence-electron chi connectivity index (χ1n) is 6.73. The molecule has 0 radical (unpaired) electrons. The molecule has 0 N–H and O–H groups in total. The van der Waals surface area contributed by atoms with Crippen LogP contribution in [-0.4, -0.2) is 50.1 Å². The zero-order valence-electron chi connectivity index (χ0n) is 11.4. The SMILES string of the molecule is COc1ccc(CN2CC3(CCN(C)C3)C2)cc1. The van der Waals surface area contributed by atoms with Crippen molar-refractivity contribution >= 4 is 0 Å². The van der Waals surface area contributed by atoms with Gasteiger partial charge in [-0.15, -0.1) is 0 Å². The molecule has 0 amide bonds. The topological polar surface area (TPSA) is 15.7 Å². The summed E-state index contributed by atoms with van der Waals surface area (Å²) in [5.41, 5.74) is 2.00. The van der Waals surface area contributed by atoms with Crippen LogP contribution < -0.4 is 4.74 Å². The molecule has 0 aliphatic carbocycles. The lowest BCUT2D eigenvalue weighted by molar-refractivity contribution is 0.00376. The average Bonchev–Trinajstić information content (AvgIpc) is 2.72. The highest BCUT2D eigenvalue weighted by Gasteiger charge is 2.46. The number of hydrogen-bond acceptors (Lipinski definition) is 3. The summed E-state index contributed by atoms with van der Waals surface area (Å²) in [4.78, 5) is 5.02. The number of benzene rings is 1. The Morgan fingerprint density at radius 2 is 1.89 bits per heavy atom. The van der Waals surface area contributed by atoms with Crippen LogP contribution in [0, 0.1) is 5.41 Å². The Balaban J connectivity index is 1.53. The number of ether oxygens (including phenoxy) is 1. The Morgan fingerprint density at radius 1 is 1.17 bits per heavy atom. The van der Waals surface area contributed by atoms with Crippen LogP contribution in [0.1, 0.15) is 12.0 Å². The van der Waals surface area contributed by atoms with Crippen molar-refractivity contribution in [1.29, 1.82) is 0 Å². The van der Waals surface area contributed by atoms with E-state index in [2.05, 4.69) is 29.0 Å². The van der Waals surface area contributed by atoms with E-state index >= 15 is 0 Å². The van der Waals surface area contributed by atoms with Gasteiger partial charge in [-0.3, -0.25) is 4.90 Å². The van der Waals surface area contributed by atoms with E-state index < -0.39 is 0 Å². The minimum Gasteiger partial charge on any atom is -0.497 e. The Bertz CT molecular complexity index is 409. The Labute approximate surface area is 109 Å². The predicted octanol–water partition coefficient (Wildman–Crippen LogP) is 1.83. The average molecular weight is 246 g/mol. The van der Waals surface area contributed by atoms with Gasteiger partial charge in [-0.2, -0.15) is 0 Å². The van der Waals surface area contributed by atoms with E-state index in [1.807, 2.05) is 12.1 Å². The molecule has 0 bridgehead atoms. The van der Waals surface area contributed by atoms with Gasteiger partial charge in [-0.1, -0.05) is 12.1 Å². The van der Waals surface area contributed by atoms with E-state index in [0.717, 1.165) is 12.3 Å². The molecule has 0 saturated carbocycles. The predicted molar refractivity (Wildman–Crippen MR) is 72.8 cm³/mol. The van der Waals surface area contributed by atoms with E-state index in [1.165, 1.54) is 38.2 Å². The van der Waals surface area contributed by atoms with Crippen molar-refractivity contribution in [2.24, 2.45) is 5.41 Å². The largest absolute Gasteiger partial charge is 0.497 e. The molecule has 2 saturated heterocycles. The maximum atomic E-state index is 5.18. The highest BCUT2D eigenvalue weighted by atomic mass is 16.5. The molecule has 3 heteroatoms. The first-order chi connectivity index (χ1) is 8.69. The molecule has 2 aliphatic heterocycles. The molecule has 2 heterocycles. The van der Waals surface area contributed by atoms with Gasteiger partial charge in [0.1, 0.15) is 5.75 Å². The molecule has 3 nitrogen and oxygen atoms in total. The van der Waals surface area contributed by atoms with E-state index in [-0.39, 0.29) is 0 Å². The van der Waals surface area contributed by atoms with E-state index in [4.69, 9.17) is 4.74 Å². The van der Waals surface area contributed by atoms with Crippen molar-refractivity contribution in [3.8, 4) is 5.75 Å². The van der Waals surface area contributed by atoms with Gasteiger partial charge < -0.3 is 9.64 Å². The van der Waals surface area contributed by atoms with Gasteiger partial charge in [0.25, 0.3) is 0 Å². The minimum atomic E-state index is 0.612. The second-order valence-electron chi connectivity index (χ2n) is 5.98. The molecular formula is C15H22N2O. The van der Waals surface area contributed by atoms with Crippen molar-refractivity contribution in [3.63, 3.8) is 0 Å². The lowest BCUT2D eigenvalue weighted by atomic mass is 9.79. The highest BCUT2D eigenvalue weighted by molar-refractivity contribution is 5.27. The smallest absolute Gasteiger partial charge is 0.118 e. The quantitative estimate of drug-likeness (QED) is 0.809. The molecule has 1 aromatic rings. The van der Waals surface area contributed by atoms with E-state index in [0.29, 0.717) is 5.41 Å². The Morgan fingerprint density at radius 3 is 2.44 bits per heavy atom. The maximum Gasteiger partial charge on any atom is 0.118 e. The second-order valence-corrected chi connectivity index (χ2v) is 5.98. The van der Waals surface area contributed by atoms with E-state index in [9.17, 15) is 0 Å². The molecule has 1 spiro atoms. The minimum absolute atomic E-state index is 0.612. The van der Waals surface area contributed by atoms with Crippen LogP contribution in [-0.2, 0) is 6.54 Å². The van der Waals surface area contributed by atoms with Crippen LogP contribution in [0.3, 0.4) is 0 Å². The summed E-state index contributed by atoms with van der Waals surface area (Å²) in [6, 6.07) is 8.44. The Hall–Kier alpha value is -1.06. The fourth-order valence-electron chi connectivity index (χ4n) is 3.42. The van der Waals surface area contributed by atoms with Gasteiger partial charge >= 0.3 is 0 Å². The summed E-state index contributed by atoms with van der Waals surface area (Å²) in [6.07, 6.45) is 1.38. The third-order valence-corrected chi connectivity index (χ3v) is 4.31. The van der Waals surface area contributed by atoms with Crippen molar-refractivity contribution in [2.45, 2.75) is 13.0 Å². The second kappa shape index (κ2) is 4.56. The molecule has 0 aromatic heterocycles. The molecule has 3 rings (SSSR count). The van der Waals surface area contributed by atoms with Gasteiger partial charge in [0.05, 0.1) is 7.11 Å². The fourth-order valence-corrected chi connectivity index (χ4v) is 3.42. The van der Waals surface area contributed by atoms with E-state index in [1.54, 1.807) is 7.11 Å². The first-order valence-corrected chi connectivity index (χ1v) is 6.73. The van der Waals surface area contributed by atoms with Crippen LogP contribution >= 0.6 is 0 Å². The normalized spacial score (nSPS) is 23.2. The standard InChI is InChI=1S/C15H22N2O/c1-16-8-7-15(10-16)11-17(12-15)9-13-3-5-14(18-2)6-4-13/h3-6H,7-12H2,1-2H3. The molecule has 0 unspecified atom stereocenters. The van der Waals surface area contributed by atoms with Gasteiger partial charge in [0, 0.05) is 31.6 Å². The summed E-state index contributed by atoms with van der Waals surface area (Å²) in [5, 5.41) is 0. The van der Waals surface area contributed by atoms with Gasteiger partial charge in [0.15, 0.2) is 0 Å². The summed E-state index contributed by atoms with van der Waals surface area (Å²) in [5.74, 6) is 0.941. The van der Waals surface area contributed by atoms with Crippen molar-refractivity contribution < 1.29 is 4.74 Å². The maximum absolute atomic E-state index is 5.18. The van der Waals surface area contributed by atoms with Crippen LogP contribution in [0.2, 0.25) is 0 Å². The van der Waals surface area contributed by atoms with Crippen molar-refractivity contribution in [2.75, 3.05) is 40.3 Å². The molecule has 2 aliphatic rings. The molecule has 2 fully saturated rings. The van der Waals surface area contributed by atoms with Crippen LogP contribution in [0.5, 0.6) is 5.75 Å². The summed E-state index contributed by atoms with van der Waals surface area (Å²) in [7, 11) is 3.95. The molecule has 0 atom stereocenters. The van der Waals surface area contributed by atoms with Crippen LogP contribution in [0.15, 0.2) is 24.3 Å². The first kappa shape index (κ1) is 12.0. The van der Waals surface area contributed by atoms with Gasteiger partial charge in [-0.05, 0) is 37.7 Å². The molecule has 1 aromatic carbocycles. The summed E-state index contributed by atoms with van der Waals surface area (Å²) in [6.45, 7) is 6.17. The lowest BCUT2D eigenvalue weighted by Crippen LogP contribution is -2.56. The third-order valence-electron chi connectivity index (χ3n) is 4.31. The molecular weight excluding hydrogens is 224 g/mol.